The van der Waals surface area contributed by atoms with Gasteiger partial charge in [-0.2, -0.15) is 0 Å². The number of aliphatic hydroxyl groups is 1. The van der Waals surface area contributed by atoms with Crippen molar-refractivity contribution in [3.8, 4) is 0 Å². The van der Waals surface area contributed by atoms with Gasteiger partial charge in [-0.25, -0.2) is 8.42 Å². The van der Waals surface area contributed by atoms with Crippen molar-refractivity contribution in [3.63, 3.8) is 0 Å². The van der Waals surface area contributed by atoms with Gasteiger partial charge in [0.15, 0.2) is 0 Å². The molecule has 11 nitrogen and oxygen atoms in total. The molecule has 1 aromatic heterocycles. The maximum atomic E-state index is 14.0. The highest BCUT2D eigenvalue weighted by Crippen LogP contribution is 2.23. The minimum atomic E-state index is -3.72. The monoisotopic (exact) mass is 747 g/mol. The fraction of sp³-hybridized carbons (Fsp3) is 0.385. The number of benzene rings is 3. The Bertz CT molecular complexity index is 1880. The Morgan fingerprint density at radius 3 is 2.08 bits per heavy atom. The minimum Gasteiger partial charge on any atom is -0.389 e. The zero-order valence-corrected chi connectivity index (χ0v) is 33.1. The molecule has 2 amide bonds. The standard InChI is InChI=1S/C39H53N5O6SSi/c1-29(31-17-12-9-13-18-31)40-38(46)32-24-33(26-34(25-32)43(3)51(4,48)49)39(47)41-35(23-30-15-10-8-11-16-30)36(45)27-42(2)37-19-14-20-44(37)28-50-21-22-52(5,6)7/h8-20,24-26,29,35-36,45H,21-23,27-28H2,1-7H3,(H,40,46)(H,41,47)/t29-,35+,36-/m1/s1. The molecule has 1 heterocycles. The van der Waals surface area contributed by atoms with Crippen LogP contribution in [0.2, 0.25) is 25.7 Å². The van der Waals surface area contributed by atoms with Crippen LogP contribution in [0.25, 0.3) is 0 Å². The van der Waals surface area contributed by atoms with Crippen molar-refractivity contribution < 1.29 is 27.9 Å². The first-order valence-electron chi connectivity index (χ1n) is 17.4. The number of sulfonamides is 1. The van der Waals surface area contributed by atoms with Gasteiger partial charge in [0.05, 0.1) is 30.1 Å². The molecule has 4 aromatic rings. The third-order valence-corrected chi connectivity index (χ3v) is 11.8. The number of rotatable bonds is 18. The van der Waals surface area contributed by atoms with Crippen molar-refractivity contribution in [2.75, 3.05) is 42.7 Å². The van der Waals surface area contributed by atoms with Gasteiger partial charge in [-0.3, -0.25) is 13.9 Å². The number of anilines is 2. The topological polar surface area (TPSA) is 133 Å². The molecule has 0 aliphatic rings. The molecule has 3 atom stereocenters. The van der Waals surface area contributed by atoms with Gasteiger partial charge < -0.3 is 29.9 Å². The van der Waals surface area contributed by atoms with E-state index in [4.69, 9.17) is 4.74 Å². The molecule has 0 saturated carbocycles. The number of hydrogen-bond donors (Lipinski definition) is 3. The minimum absolute atomic E-state index is 0.0773. The quantitative estimate of drug-likeness (QED) is 0.0902. The van der Waals surface area contributed by atoms with E-state index in [1.807, 2.05) is 102 Å². The molecule has 52 heavy (non-hydrogen) atoms. The Balaban J connectivity index is 1.58. The Kier molecular flexibility index (Phi) is 13.9. The predicted molar refractivity (Wildman–Crippen MR) is 211 cm³/mol. The molecule has 0 unspecified atom stereocenters. The SMILES string of the molecule is C[C@@H](NC(=O)c1cc(C(=O)N[C@@H](Cc2ccccc2)[C@H](O)CN(C)c2cccn2COCC[Si](C)(C)C)cc(N(C)S(C)(=O)=O)c1)c1ccccc1. The van der Waals surface area contributed by atoms with E-state index in [9.17, 15) is 23.1 Å². The summed E-state index contributed by atoms with van der Waals surface area (Å²) in [6.07, 6.45) is 2.30. The fourth-order valence-corrected chi connectivity index (χ4v) is 6.90. The second-order valence-corrected chi connectivity index (χ2v) is 22.1. The van der Waals surface area contributed by atoms with Gasteiger partial charge in [-0.1, -0.05) is 80.3 Å². The van der Waals surface area contributed by atoms with Gasteiger partial charge in [0, 0.05) is 52.6 Å². The first-order chi connectivity index (χ1) is 24.5. The van der Waals surface area contributed by atoms with Crippen molar-refractivity contribution in [3.05, 3.63) is 119 Å². The lowest BCUT2D eigenvalue weighted by atomic mass is 9.99. The maximum Gasteiger partial charge on any atom is 0.251 e. The summed E-state index contributed by atoms with van der Waals surface area (Å²) >= 11 is 0. The smallest absolute Gasteiger partial charge is 0.251 e. The van der Waals surface area contributed by atoms with Crippen LogP contribution in [-0.4, -0.2) is 83.6 Å². The van der Waals surface area contributed by atoms with E-state index in [1.165, 1.54) is 25.2 Å². The molecule has 3 aromatic carbocycles. The summed E-state index contributed by atoms with van der Waals surface area (Å²) in [6.45, 7) is 10.0. The molecule has 0 saturated heterocycles. The van der Waals surface area contributed by atoms with Crippen LogP contribution in [0.5, 0.6) is 0 Å². The number of aromatic nitrogens is 1. The molecule has 0 bridgehead atoms. The summed E-state index contributed by atoms with van der Waals surface area (Å²) in [5, 5.41) is 17.6. The molecule has 0 radical (unpaired) electrons. The zero-order valence-electron chi connectivity index (χ0n) is 31.2. The summed E-state index contributed by atoms with van der Waals surface area (Å²) < 4.78 is 34.1. The number of nitrogens with one attached hydrogen (secondary N) is 2. The van der Waals surface area contributed by atoms with E-state index < -0.39 is 42.1 Å². The lowest BCUT2D eigenvalue weighted by Gasteiger charge is -2.30. The van der Waals surface area contributed by atoms with Gasteiger partial charge in [0.1, 0.15) is 12.5 Å². The Morgan fingerprint density at radius 1 is 0.885 bits per heavy atom. The van der Waals surface area contributed by atoms with E-state index in [1.54, 1.807) is 0 Å². The number of hydrogen-bond acceptors (Lipinski definition) is 7. The maximum absolute atomic E-state index is 14.0. The lowest BCUT2D eigenvalue weighted by Crippen LogP contribution is -2.49. The number of aliphatic hydroxyl groups excluding tert-OH is 1. The number of ether oxygens (including phenoxy) is 1. The average Bonchev–Trinajstić information content (AvgIpc) is 3.58. The highest BCUT2D eigenvalue weighted by atomic mass is 32.2. The van der Waals surface area contributed by atoms with Gasteiger partial charge in [0.25, 0.3) is 11.8 Å². The van der Waals surface area contributed by atoms with E-state index >= 15 is 0 Å². The van der Waals surface area contributed by atoms with Crippen molar-refractivity contribution in [1.82, 2.24) is 15.2 Å². The molecule has 3 N–H and O–H groups in total. The normalized spacial score (nSPS) is 13.5. The van der Waals surface area contributed by atoms with E-state index in [0.29, 0.717) is 19.8 Å². The first-order valence-corrected chi connectivity index (χ1v) is 23.0. The molecule has 0 spiro atoms. The largest absolute Gasteiger partial charge is 0.389 e. The lowest BCUT2D eigenvalue weighted by molar-refractivity contribution is 0.0833. The molecule has 0 fully saturated rings. The van der Waals surface area contributed by atoms with Gasteiger partial charge >= 0.3 is 0 Å². The zero-order chi connectivity index (χ0) is 38.1. The average molecular weight is 748 g/mol. The van der Waals surface area contributed by atoms with Crippen LogP contribution in [0.4, 0.5) is 11.5 Å². The predicted octanol–water partition coefficient (Wildman–Crippen LogP) is 5.53. The third-order valence-electron chi connectivity index (χ3n) is 8.91. The van der Waals surface area contributed by atoms with Crippen LogP contribution in [0.3, 0.4) is 0 Å². The summed E-state index contributed by atoms with van der Waals surface area (Å²) in [4.78, 5) is 29.5. The number of amides is 2. The molecule has 4 rings (SSSR count). The third kappa shape index (κ3) is 11.8. The van der Waals surface area contributed by atoms with Crippen LogP contribution in [0.1, 0.15) is 44.8 Å². The number of carbonyl (C=O) groups excluding carboxylic acids is 2. The molecular formula is C39H53N5O6SSi. The van der Waals surface area contributed by atoms with Crippen molar-refractivity contribution >= 4 is 41.4 Å². The fourth-order valence-electron chi connectivity index (χ4n) is 5.66. The number of nitrogens with zero attached hydrogens (tertiary/aromatic N) is 3. The number of likely N-dealkylation sites (N-methyl/N-ethyl adjacent to an activating group) is 1. The van der Waals surface area contributed by atoms with Crippen molar-refractivity contribution in [2.24, 2.45) is 0 Å². The van der Waals surface area contributed by atoms with Crippen molar-refractivity contribution in [1.29, 1.82) is 0 Å². The van der Waals surface area contributed by atoms with Gasteiger partial charge in [-0.05, 0) is 60.8 Å². The first kappa shape index (κ1) is 40.3. The Morgan fingerprint density at radius 2 is 1.48 bits per heavy atom. The summed E-state index contributed by atoms with van der Waals surface area (Å²) in [5.41, 5.74) is 2.15. The second kappa shape index (κ2) is 17.9. The second-order valence-electron chi connectivity index (χ2n) is 14.5. The van der Waals surface area contributed by atoms with Crippen LogP contribution in [0, 0.1) is 0 Å². The number of carbonyl (C=O) groups is 2. The summed E-state index contributed by atoms with van der Waals surface area (Å²) in [5.74, 6) is -0.173. The van der Waals surface area contributed by atoms with Gasteiger partial charge in [-0.15, -0.1) is 0 Å². The van der Waals surface area contributed by atoms with E-state index in [2.05, 4.69) is 30.3 Å². The molecular weight excluding hydrogens is 695 g/mol. The van der Waals surface area contributed by atoms with Crippen molar-refractivity contribution in [2.45, 2.75) is 63.9 Å². The highest BCUT2D eigenvalue weighted by molar-refractivity contribution is 7.92. The molecule has 0 aliphatic carbocycles. The molecule has 280 valence electrons. The van der Waals surface area contributed by atoms with Crippen LogP contribution in [0.15, 0.2) is 97.2 Å². The van der Waals surface area contributed by atoms with E-state index in [0.717, 1.165) is 33.5 Å². The van der Waals surface area contributed by atoms with Gasteiger partial charge in [0.2, 0.25) is 10.0 Å². The van der Waals surface area contributed by atoms with Crippen LogP contribution >= 0.6 is 0 Å². The molecule has 0 aliphatic heterocycles. The Hall–Kier alpha value is -4.43. The highest BCUT2D eigenvalue weighted by Gasteiger charge is 2.26. The molecule has 13 heteroatoms. The van der Waals surface area contributed by atoms with E-state index in [-0.39, 0.29) is 29.4 Å². The summed E-state index contributed by atoms with van der Waals surface area (Å²) in [7, 11) is -1.70. The summed E-state index contributed by atoms with van der Waals surface area (Å²) in [6, 6.07) is 27.2. The van der Waals surface area contributed by atoms with Crippen LogP contribution < -0.4 is 19.8 Å². The Labute approximate surface area is 309 Å². The van der Waals surface area contributed by atoms with Crippen LogP contribution in [-0.2, 0) is 27.9 Å².